The number of nitrogens with one attached hydrogen (secondary N) is 1. The molecule has 5 nitrogen and oxygen atoms in total. The molecule has 0 radical (unpaired) electrons. The molecule has 0 saturated carbocycles. The molecule has 0 aliphatic carbocycles. The van der Waals surface area contributed by atoms with Crippen LogP contribution in [0.15, 0.2) is 24.3 Å². The molecule has 0 fully saturated rings. The van der Waals surface area contributed by atoms with Gasteiger partial charge >= 0.3 is 0 Å². The van der Waals surface area contributed by atoms with Gasteiger partial charge in [0.25, 0.3) is 0 Å². The zero-order valence-electron chi connectivity index (χ0n) is 10.2. The van der Waals surface area contributed by atoms with Gasteiger partial charge in [-0.25, -0.2) is 9.97 Å². The van der Waals surface area contributed by atoms with E-state index in [4.69, 9.17) is 33.7 Å². The molecule has 0 bridgehead atoms. The van der Waals surface area contributed by atoms with Crippen molar-refractivity contribution in [1.29, 1.82) is 0 Å². The molecule has 0 aliphatic rings. The minimum absolute atomic E-state index is 0.293. The van der Waals surface area contributed by atoms with Gasteiger partial charge in [-0.05, 0) is 18.2 Å². The van der Waals surface area contributed by atoms with Gasteiger partial charge in [0.2, 0.25) is 0 Å². The summed E-state index contributed by atoms with van der Waals surface area (Å²) in [4.78, 5) is 8.32. The van der Waals surface area contributed by atoms with Crippen molar-refractivity contribution in [3.8, 4) is 0 Å². The van der Waals surface area contributed by atoms with Gasteiger partial charge in [-0.3, -0.25) is 0 Å². The maximum atomic E-state index is 5.94. The lowest BCUT2D eigenvalue weighted by Gasteiger charge is -2.09. The van der Waals surface area contributed by atoms with E-state index in [0.717, 1.165) is 5.69 Å². The largest absolute Gasteiger partial charge is 0.384 e. The molecule has 0 atom stereocenters. The quantitative estimate of drug-likeness (QED) is 0.906. The average molecular weight is 299 g/mol. The summed E-state index contributed by atoms with van der Waals surface area (Å²) in [5.74, 6) is 1.44. The van der Waals surface area contributed by atoms with Crippen LogP contribution in [0.25, 0.3) is 0 Å². The lowest BCUT2D eigenvalue weighted by atomic mass is 10.3. The first-order valence-corrected chi connectivity index (χ1v) is 6.18. The summed E-state index contributed by atoms with van der Waals surface area (Å²) in [7, 11) is 1.57. The number of nitrogen functional groups attached to an aromatic ring is 1. The number of nitrogens with two attached hydrogens (primary N) is 1. The van der Waals surface area contributed by atoms with Gasteiger partial charge in [0.15, 0.2) is 5.82 Å². The highest BCUT2D eigenvalue weighted by Gasteiger charge is 2.04. The Morgan fingerprint density at radius 1 is 1.21 bits per heavy atom. The van der Waals surface area contributed by atoms with Crippen molar-refractivity contribution >= 4 is 40.5 Å². The van der Waals surface area contributed by atoms with E-state index in [1.807, 2.05) is 0 Å². The monoisotopic (exact) mass is 298 g/mol. The summed E-state index contributed by atoms with van der Waals surface area (Å²) < 4.78 is 4.98. The number of ether oxygens (including phenoxy) is 1. The van der Waals surface area contributed by atoms with E-state index in [0.29, 0.717) is 34.1 Å². The number of nitrogens with zero attached hydrogens (tertiary/aromatic N) is 2. The predicted molar refractivity (Wildman–Crippen MR) is 76.9 cm³/mol. The van der Waals surface area contributed by atoms with Crippen molar-refractivity contribution in [1.82, 2.24) is 9.97 Å². The van der Waals surface area contributed by atoms with Crippen LogP contribution in [0.2, 0.25) is 10.0 Å². The number of hydrogen-bond donors (Lipinski definition) is 2. The van der Waals surface area contributed by atoms with Crippen LogP contribution in [0.1, 0.15) is 5.82 Å². The van der Waals surface area contributed by atoms with E-state index in [9.17, 15) is 0 Å². The molecule has 1 heterocycles. The maximum absolute atomic E-state index is 5.94. The van der Waals surface area contributed by atoms with Gasteiger partial charge in [0, 0.05) is 18.9 Å². The summed E-state index contributed by atoms with van der Waals surface area (Å²) in [5.41, 5.74) is 6.46. The molecule has 2 rings (SSSR count). The molecule has 100 valence electrons. The predicted octanol–water partition coefficient (Wildman–Crippen LogP) is 3.26. The first-order chi connectivity index (χ1) is 9.08. The highest BCUT2D eigenvalue weighted by Crippen LogP contribution is 2.26. The van der Waals surface area contributed by atoms with Gasteiger partial charge in [-0.1, -0.05) is 23.2 Å². The van der Waals surface area contributed by atoms with E-state index < -0.39 is 0 Å². The molecule has 0 aliphatic heterocycles. The summed E-state index contributed by atoms with van der Waals surface area (Å²) in [6, 6.07) is 6.83. The molecule has 3 N–H and O–H groups in total. The number of halogens is 2. The minimum Gasteiger partial charge on any atom is -0.384 e. The van der Waals surface area contributed by atoms with Crippen LogP contribution in [0.3, 0.4) is 0 Å². The van der Waals surface area contributed by atoms with Crippen LogP contribution in [0.4, 0.5) is 17.3 Å². The molecule has 0 saturated heterocycles. The fourth-order valence-electron chi connectivity index (χ4n) is 1.50. The molecule has 7 heteroatoms. The molecular weight excluding hydrogens is 287 g/mol. The summed E-state index contributed by atoms with van der Waals surface area (Å²) >= 11 is 11.8. The van der Waals surface area contributed by atoms with Crippen molar-refractivity contribution in [3.05, 3.63) is 40.1 Å². The Bertz CT molecular complexity index is 592. The van der Waals surface area contributed by atoms with E-state index >= 15 is 0 Å². The van der Waals surface area contributed by atoms with Crippen molar-refractivity contribution in [3.63, 3.8) is 0 Å². The average Bonchev–Trinajstić information content (AvgIpc) is 2.33. The Morgan fingerprint density at radius 3 is 2.68 bits per heavy atom. The topological polar surface area (TPSA) is 73.1 Å². The normalized spacial score (nSPS) is 10.5. The Kier molecular flexibility index (Phi) is 4.42. The third-order valence-corrected chi connectivity index (χ3v) is 3.00. The van der Waals surface area contributed by atoms with Gasteiger partial charge in [0.05, 0.1) is 10.0 Å². The second-order valence-electron chi connectivity index (χ2n) is 3.78. The Morgan fingerprint density at radius 2 is 2.00 bits per heavy atom. The maximum Gasteiger partial charge on any atom is 0.158 e. The molecule has 2 aromatic rings. The number of anilines is 3. The smallest absolute Gasteiger partial charge is 0.158 e. The number of benzene rings is 1. The third kappa shape index (κ3) is 3.70. The second-order valence-corrected chi connectivity index (χ2v) is 4.60. The number of rotatable bonds is 4. The summed E-state index contributed by atoms with van der Waals surface area (Å²) in [5, 5.41) is 4.04. The highest BCUT2D eigenvalue weighted by molar-refractivity contribution is 6.42. The number of hydrogen-bond acceptors (Lipinski definition) is 5. The number of methoxy groups -OCH3 is 1. The summed E-state index contributed by atoms with van der Waals surface area (Å²) in [6.07, 6.45) is 0. The second kappa shape index (κ2) is 6.06. The zero-order chi connectivity index (χ0) is 13.8. The first kappa shape index (κ1) is 13.9. The number of aromatic nitrogens is 2. The van der Waals surface area contributed by atoms with Crippen LogP contribution in [0, 0.1) is 0 Å². The van der Waals surface area contributed by atoms with Gasteiger partial charge < -0.3 is 15.8 Å². The Labute approximate surface area is 120 Å². The van der Waals surface area contributed by atoms with Crippen LogP contribution in [-0.2, 0) is 11.3 Å². The van der Waals surface area contributed by atoms with E-state index in [2.05, 4.69) is 15.3 Å². The lowest BCUT2D eigenvalue weighted by molar-refractivity contribution is 0.178. The fraction of sp³-hybridized carbons (Fsp3) is 0.167. The van der Waals surface area contributed by atoms with Crippen molar-refractivity contribution in [2.45, 2.75) is 6.61 Å². The lowest BCUT2D eigenvalue weighted by Crippen LogP contribution is -2.04. The molecule has 1 aromatic carbocycles. The van der Waals surface area contributed by atoms with Crippen LogP contribution < -0.4 is 11.1 Å². The zero-order valence-corrected chi connectivity index (χ0v) is 11.7. The molecule has 0 amide bonds. The SMILES string of the molecule is COCc1nc(N)cc(Nc2ccc(Cl)c(Cl)c2)n1. The third-order valence-electron chi connectivity index (χ3n) is 2.26. The van der Waals surface area contributed by atoms with Crippen molar-refractivity contribution < 1.29 is 4.74 Å². The van der Waals surface area contributed by atoms with E-state index in [-0.39, 0.29) is 0 Å². The van der Waals surface area contributed by atoms with Gasteiger partial charge in [-0.2, -0.15) is 0 Å². The highest BCUT2D eigenvalue weighted by atomic mass is 35.5. The fourth-order valence-corrected chi connectivity index (χ4v) is 1.80. The van der Waals surface area contributed by atoms with Crippen molar-refractivity contribution in [2.24, 2.45) is 0 Å². The molecule has 1 aromatic heterocycles. The van der Waals surface area contributed by atoms with Crippen LogP contribution in [-0.4, -0.2) is 17.1 Å². The Balaban J connectivity index is 2.24. The van der Waals surface area contributed by atoms with Crippen LogP contribution >= 0.6 is 23.2 Å². The van der Waals surface area contributed by atoms with E-state index in [1.165, 1.54) is 0 Å². The van der Waals surface area contributed by atoms with Gasteiger partial charge in [0.1, 0.15) is 18.2 Å². The van der Waals surface area contributed by atoms with Crippen molar-refractivity contribution in [2.75, 3.05) is 18.2 Å². The van der Waals surface area contributed by atoms with Gasteiger partial charge in [-0.15, -0.1) is 0 Å². The first-order valence-electron chi connectivity index (χ1n) is 5.43. The minimum atomic E-state index is 0.293. The molecule has 0 spiro atoms. The van der Waals surface area contributed by atoms with Crippen LogP contribution in [0.5, 0.6) is 0 Å². The Hall–Kier alpha value is -1.56. The molecule has 19 heavy (non-hydrogen) atoms. The standard InChI is InChI=1S/C12H12Cl2N4O/c1-19-6-12-17-10(15)5-11(18-12)16-7-2-3-8(13)9(14)4-7/h2-5H,6H2,1H3,(H3,15,16,17,18). The molecule has 0 unspecified atom stereocenters. The van der Waals surface area contributed by atoms with E-state index in [1.54, 1.807) is 31.4 Å². The summed E-state index contributed by atoms with van der Waals surface area (Å²) in [6.45, 7) is 0.293. The molecular formula is C12H12Cl2N4O.